The number of benzene rings is 1. The minimum Gasteiger partial charge on any atom is -0.744 e. The molecule has 1 aromatic rings. The molecule has 0 unspecified atom stereocenters. The van der Waals surface area contributed by atoms with Gasteiger partial charge >= 0.3 is 0 Å². The van der Waals surface area contributed by atoms with Crippen molar-refractivity contribution in [3.05, 3.63) is 28.8 Å². The van der Waals surface area contributed by atoms with E-state index in [1.165, 1.54) is 87.3 Å². The first-order valence-electron chi connectivity index (χ1n) is 11.7. The second kappa shape index (κ2) is 8.87. The number of rotatable bonds is 4. The molecule has 0 N–H and O–H groups in total. The average molecular weight is 404 g/mol. The van der Waals surface area contributed by atoms with E-state index in [1.807, 2.05) is 0 Å². The summed E-state index contributed by atoms with van der Waals surface area (Å²) in [7, 11) is -4.42. The van der Waals surface area contributed by atoms with Crippen molar-refractivity contribution >= 4 is 10.1 Å². The van der Waals surface area contributed by atoms with Crippen molar-refractivity contribution in [2.45, 2.75) is 119 Å². The van der Waals surface area contributed by atoms with E-state index >= 15 is 0 Å². The maximum atomic E-state index is 12.0. The molecule has 3 aliphatic rings. The van der Waals surface area contributed by atoms with Crippen LogP contribution in [0.5, 0.6) is 0 Å². The molecule has 0 saturated heterocycles. The van der Waals surface area contributed by atoms with Gasteiger partial charge in [0.25, 0.3) is 0 Å². The SMILES string of the molecule is O=S(=O)([O-])c1cc(C2CCCCC2)c(C2CCCCC2)c(C2CCCCC2)c1. The van der Waals surface area contributed by atoms with Crippen molar-refractivity contribution < 1.29 is 13.0 Å². The highest BCUT2D eigenvalue weighted by atomic mass is 32.2. The normalized spacial score (nSPS) is 23.8. The van der Waals surface area contributed by atoms with E-state index in [-0.39, 0.29) is 4.90 Å². The van der Waals surface area contributed by atoms with Crippen LogP contribution in [0.3, 0.4) is 0 Å². The van der Waals surface area contributed by atoms with Gasteiger partial charge in [-0.1, -0.05) is 57.8 Å². The van der Waals surface area contributed by atoms with E-state index in [1.54, 1.807) is 12.1 Å². The molecule has 0 bridgehead atoms. The third-order valence-electron chi connectivity index (χ3n) is 7.61. The molecular formula is C24H35O3S-. The Hall–Kier alpha value is -0.870. The lowest BCUT2D eigenvalue weighted by Gasteiger charge is -2.35. The molecule has 3 nitrogen and oxygen atoms in total. The van der Waals surface area contributed by atoms with Gasteiger partial charge in [0.15, 0.2) is 0 Å². The van der Waals surface area contributed by atoms with E-state index in [2.05, 4.69) is 0 Å². The van der Waals surface area contributed by atoms with Gasteiger partial charge in [-0.3, -0.25) is 0 Å². The second-order valence-electron chi connectivity index (χ2n) is 9.47. The van der Waals surface area contributed by atoms with Gasteiger partial charge in [-0.2, -0.15) is 0 Å². The number of hydrogen-bond acceptors (Lipinski definition) is 3. The highest BCUT2D eigenvalue weighted by Gasteiger charge is 2.30. The van der Waals surface area contributed by atoms with E-state index in [0.29, 0.717) is 17.8 Å². The van der Waals surface area contributed by atoms with Crippen LogP contribution in [0.4, 0.5) is 0 Å². The van der Waals surface area contributed by atoms with Gasteiger partial charge in [-0.05, 0) is 85.1 Å². The van der Waals surface area contributed by atoms with Crippen molar-refractivity contribution in [2.75, 3.05) is 0 Å². The molecule has 4 heteroatoms. The third-order valence-corrected chi connectivity index (χ3v) is 8.42. The summed E-state index contributed by atoms with van der Waals surface area (Å²) in [4.78, 5) is 0.0354. The topological polar surface area (TPSA) is 57.2 Å². The number of hydrogen-bond donors (Lipinski definition) is 0. The van der Waals surface area contributed by atoms with Crippen LogP contribution in [0.2, 0.25) is 0 Å². The summed E-state index contributed by atoms with van der Waals surface area (Å²) in [6.07, 6.45) is 18.4. The van der Waals surface area contributed by atoms with Crippen molar-refractivity contribution in [1.29, 1.82) is 0 Å². The summed E-state index contributed by atoms with van der Waals surface area (Å²) in [6, 6.07) is 3.60. The predicted molar refractivity (Wildman–Crippen MR) is 112 cm³/mol. The molecule has 0 spiro atoms. The van der Waals surface area contributed by atoms with Crippen LogP contribution in [0.15, 0.2) is 17.0 Å². The fraction of sp³-hybridized carbons (Fsp3) is 0.750. The molecule has 0 heterocycles. The van der Waals surface area contributed by atoms with Gasteiger partial charge in [0, 0.05) is 0 Å². The van der Waals surface area contributed by atoms with Crippen LogP contribution >= 0.6 is 0 Å². The Balaban J connectivity index is 1.86. The zero-order chi connectivity index (χ0) is 19.6. The van der Waals surface area contributed by atoms with Crippen LogP contribution in [-0.2, 0) is 10.1 Å². The maximum absolute atomic E-state index is 12.0. The van der Waals surface area contributed by atoms with Crippen molar-refractivity contribution in [1.82, 2.24) is 0 Å². The fourth-order valence-corrected chi connectivity index (χ4v) is 6.72. The van der Waals surface area contributed by atoms with Crippen LogP contribution in [0, 0.1) is 0 Å². The van der Waals surface area contributed by atoms with Crippen molar-refractivity contribution in [3.63, 3.8) is 0 Å². The van der Waals surface area contributed by atoms with Crippen molar-refractivity contribution in [2.24, 2.45) is 0 Å². The first-order chi connectivity index (χ1) is 13.5. The van der Waals surface area contributed by atoms with Crippen LogP contribution in [0.25, 0.3) is 0 Å². The minimum absolute atomic E-state index is 0.0354. The Morgan fingerprint density at radius 3 is 1.32 bits per heavy atom. The second-order valence-corrected chi connectivity index (χ2v) is 10.9. The summed E-state index contributed by atoms with van der Waals surface area (Å²) in [5.74, 6) is 1.44. The first kappa shape index (κ1) is 20.4. The smallest absolute Gasteiger partial charge is 0.124 e. The van der Waals surface area contributed by atoms with Crippen LogP contribution < -0.4 is 0 Å². The van der Waals surface area contributed by atoms with E-state index in [9.17, 15) is 13.0 Å². The van der Waals surface area contributed by atoms with Crippen LogP contribution in [0.1, 0.15) is 131 Å². The fourth-order valence-electron chi connectivity index (χ4n) is 6.18. The van der Waals surface area contributed by atoms with Gasteiger partial charge in [-0.15, -0.1) is 0 Å². The van der Waals surface area contributed by atoms with E-state index in [0.717, 1.165) is 25.7 Å². The maximum Gasteiger partial charge on any atom is 0.124 e. The third kappa shape index (κ3) is 4.48. The Bertz CT molecular complexity index is 726. The largest absolute Gasteiger partial charge is 0.744 e. The summed E-state index contributed by atoms with van der Waals surface area (Å²) in [5, 5.41) is 0. The van der Waals surface area contributed by atoms with E-state index < -0.39 is 10.1 Å². The summed E-state index contributed by atoms with van der Waals surface area (Å²) in [6.45, 7) is 0. The lowest BCUT2D eigenvalue weighted by atomic mass is 9.71. The van der Waals surface area contributed by atoms with Gasteiger partial charge < -0.3 is 4.55 Å². The van der Waals surface area contributed by atoms with Gasteiger partial charge in [0.05, 0.1) is 4.90 Å². The standard InChI is InChI=1S/C24H36O3S/c25-28(26,27)21-16-22(18-10-4-1-5-11-18)24(20-14-8-3-9-15-20)23(17-21)19-12-6-2-7-13-19/h16-20H,1-15H2,(H,25,26,27)/p-1. The molecule has 3 saturated carbocycles. The predicted octanol–water partition coefficient (Wildman–Crippen LogP) is 6.73. The molecule has 28 heavy (non-hydrogen) atoms. The highest BCUT2D eigenvalue weighted by Crippen LogP contribution is 2.47. The molecule has 3 aliphatic carbocycles. The molecule has 0 amide bonds. The lowest BCUT2D eigenvalue weighted by molar-refractivity contribution is 0.402. The molecule has 1 aromatic carbocycles. The Kier molecular flexibility index (Phi) is 6.46. The van der Waals surface area contributed by atoms with Crippen LogP contribution in [-0.4, -0.2) is 13.0 Å². The van der Waals surface area contributed by atoms with E-state index in [4.69, 9.17) is 0 Å². The Morgan fingerprint density at radius 1 is 0.607 bits per heavy atom. The molecule has 0 aromatic heterocycles. The lowest BCUT2D eigenvalue weighted by Crippen LogP contribution is -2.19. The van der Waals surface area contributed by atoms with Crippen molar-refractivity contribution in [3.8, 4) is 0 Å². The molecule has 0 radical (unpaired) electrons. The van der Waals surface area contributed by atoms with Gasteiger partial charge in [-0.25, -0.2) is 8.42 Å². The summed E-state index contributed by atoms with van der Waals surface area (Å²) >= 11 is 0. The molecular weight excluding hydrogens is 368 g/mol. The summed E-state index contributed by atoms with van der Waals surface area (Å²) < 4.78 is 36.1. The average Bonchev–Trinajstić information content (AvgIpc) is 2.74. The molecule has 3 fully saturated rings. The quantitative estimate of drug-likeness (QED) is 0.523. The molecule has 4 rings (SSSR count). The molecule has 156 valence electrons. The zero-order valence-corrected chi connectivity index (χ0v) is 17.9. The summed E-state index contributed by atoms with van der Waals surface area (Å²) in [5.41, 5.74) is 3.96. The van der Waals surface area contributed by atoms with Gasteiger partial charge in [0.1, 0.15) is 10.1 Å². The van der Waals surface area contributed by atoms with Gasteiger partial charge in [0.2, 0.25) is 0 Å². The highest BCUT2D eigenvalue weighted by molar-refractivity contribution is 7.85. The molecule has 0 atom stereocenters. The molecule has 0 aliphatic heterocycles. The minimum atomic E-state index is -4.42. The monoisotopic (exact) mass is 403 g/mol. The Morgan fingerprint density at radius 2 is 0.964 bits per heavy atom. The zero-order valence-electron chi connectivity index (χ0n) is 17.1. The first-order valence-corrected chi connectivity index (χ1v) is 13.1. The Labute approximate surface area is 171 Å².